The van der Waals surface area contributed by atoms with E-state index in [9.17, 15) is 44.1 Å². The van der Waals surface area contributed by atoms with Gasteiger partial charge >= 0.3 is 29.6 Å². The molecule has 0 spiro atoms. The number of aliphatic hydroxyl groups excluding tert-OH is 4. The molecule has 0 aromatic carbocycles. The van der Waals surface area contributed by atoms with Crippen LogP contribution >= 0.6 is 15.6 Å². The van der Waals surface area contributed by atoms with Crippen LogP contribution in [0.1, 0.15) is 22.8 Å². The van der Waals surface area contributed by atoms with E-state index in [0.29, 0.717) is 0 Å². The molecule has 47 heavy (non-hydrogen) atoms. The van der Waals surface area contributed by atoms with E-state index >= 15 is 0 Å². The van der Waals surface area contributed by atoms with Gasteiger partial charge in [0, 0.05) is 13.1 Å². The number of fused-ring (bicyclic) bond motifs is 1. The molecule has 2 saturated heterocycles. The summed E-state index contributed by atoms with van der Waals surface area (Å²) in [6.07, 6.45) is -8.66. The van der Waals surface area contributed by atoms with Crippen LogP contribution in [-0.2, 0) is 32.0 Å². The van der Waals surface area contributed by atoms with Crippen molar-refractivity contribution in [2.75, 3.05) is 31.3 Å². The first-order valence-corrected chi connectivity index (χ1v) is 16.2. The number of imidazole rings is 1. The third-order valence-corrected chi connectivity index (χ3v) is 9.58. The molecule has 0 bridgehead atoms. The van der Waals surface area contributed by atoms with Crippen LogP contribution in [0.4, 0.5) is 11.8 Å². The molecule has 5 heterocycles. The molecule has 10 atom stereocenters. The third kappa shape index (κ3) is 8.00. The molecule has 2 aliphatic heterocycles. The van der Waals surface area contributed by atoms with Gasteiger partial charge in [0.2, 0.25) is 5.95 Å². The number of nitrogens with two attached hydrogens (primary N) is 2. The van der Waals surface area contributed by atoms with Gasteiger partial charge in [-0.15, -0.1) is 0 Å². The number of phosphoric ester groups is 2. The van der Waals surface area contributed by atoms with Gasteiger partial charge in [-0.2, -0.15) is 4.57 Å². The SMILES string of the molecule is CNc1nc2c(N)ncnc2n1[C@@H]1O[C@H](COP(=O)([O-])OP(=O)([O-])OC[C@H]2O[C@@H]([n+]3cccc(C(N)=O)c3)[C@H](O)[C@@H]2O)[C@@H](O)[C@H]1O.[Na+]. The minimum atomic E-state index is -5.71. The van der Waals surface area contributed by atoms with Crippen molar-refractivity contribution >= 4 is 44.5 Å². The maximum Gasteiger partial charge on any atom is 1.00 e. The quantitative estimate of drug-likeness (QED) is 0.0520. The zero-order valence-electron chi connectivity index (χ0n) is 24.6. The minimum Gasteiger partial charge on any atom is -0.756 e. The van der Waals surface area contributed by atoms with Crippen LogP contribution in [0.5, 0.6) is 0 Å². The number of pyridine rings is 1. The van der Waals surface area contributed by atoms with Crippen molar-refractivity contribution in [2.24, 2.45) is 5.73 Å². The molecule has 2 fully saturated rings. The number of primary amides is 1. The molecule has 3 aromatic rings. The van der Waals surface area contributed by atoms with E-state index in [0.717, 1.165) is 6.33 Å². The van der Waals surface area contributed by atoms with Crippen molar-refractivity contribution in [3.63, 3.8) is 0 Å². The molecule has 9 N–H and O–H groups in total. The summed E-state index contributed by atoms with van der Waals surface area (Å²) in [4.78, 5) is 48.2. The Morgan fingerprint density at radius 2 is 1.68 bits per heavy atom. The zero-order valence-corrected chi connectivity index (χ0v) is 28.4. The molecule has 2 aliphatic rings. The van der Waals surface area contributed by atoms with Gasteiger partial charge in [0.1, 0.15) is 42.4 Å². The molecule has 25 heteroatoms. The summed E-state index contributed by atoms with van der Waals surface area (Å²) in [5, 5.41) is 44.6. The number of ether oxygens (including phenoxy) is 2. The molecule has 3 aromatic heterocycles. The number of aliphatic hydroxyl groups is 4. The fourth-order valence-corrected chi connectivity index (χ4v) is 6.85. The van der Waals surface area contributed by atoms with Crippen molar-refractivity contribution in [1.29, 1.82) is 0 Å². The first-order chi connectivity index (χ1) is 21.6. The normalized spacial score (nSPS) is 30.0. The Morgan fingerprint density at radius 3 is 2.30 bits per heavy atom. The summed E-state index contributed by atoms with van der Waals surface area (Å²) in [5.41, 5.74) is 11.4. The molecule has 22 nitrogen and oxygen atoms in total. The Balaban J connectivity index is 0.00000500. The van der Waals surface area contributed by atoms with Crippen LogP contribution in [0.2, 0.25) is 0 Å². The fourth-order valence-electron chi connectivity index (χ4n) is 4.83. The van der Waals surface area contributed by atoms with E-state index in [1.54, 1.807) is 0 Å². The summed E-state index contributed by atoms with van der Waals surface area (Å²) in [6, 6.07) is 2.80. The van der Waals surface area contributed by atoms with Crippen LogP contribution in [0.25, 0.3) is 11.2 Å². The molecule has 0 radical (unpaired) electrons. The number of amides is 1. The Hall–Kier alpha value is -2.21. The molecule has 0 aliphatic carbocycles. The van der Waals surface area contributed by atoms with Crippen LogP contribution in [-0.4, -0.2) is 103 Å². The largest absolute Gasteiger partial charge is 1.00 e. The fraction of sp³-hybridized carbons (Fsp3) is 0.500. The predicted molar refractivity (Wildman–Crippen MR) is 144 cm³/mol. The molecule has 0 saturated carbocycles. The number of carbonyl (C=O) groups is 1. The molecule has 5 rings (SSSR count). The number of carbonyl (C=O) groups excluding carboxylic acids is 1. The molecular weight excluding hydrogens is 685 g/mol. The summed E-state index contributed by atoms with van der Waals surface area (Å²) < 4.78 is 51.4. The molecule has 252 valence electrons. The van der Waals surface area contributed by atoms with Gasteiger partial charge < -0.3 is 65.5 Å². The Bertz CT molecular complexity index is 1700. The predicted octanol–water partition coefficient (Wildman–Crippen LogP) is -7.23. The number of nitrogens with one attached hydrogen (secondary N) is 1. The first-order valence-electron chi connectivity index (χ1n) is 13.2. The minimum absolute atomic E-state index is 0. The Kier molecular flexibility index (Phi) is 11.8. The smallest absolute Gasteiger partial charge is 0.756 e. The summed E-state index contributed by atoms with van der Waals surface area (Å²) in [5.74, 6) is -0.660. The van der Waals surface area contributed by atoms with E-state index in [-0.39, 0.29) is 58.1 Å². The summed E-state index contributed by atoms with van der Waals surface area (Å²) in [6.45, 7) is -2.00. The number of aromatic nitrogens is 5. The summed E-state index contributed by atoms with van der Waals surface area (Å²) >= 11 is 0. The van der Waals surface area contributed by atoms with Crippen molar-refractivity contribution in [3.8, 4) is 0 Å². The van der Waals surface area contributed by atoms with Gasteiger partial charge in [0.25, 0.3) is 27.8 Å². The van der Waals surface area contributed by atoms with Crippen LogP contribution < -0.4 is 60.7 Å². The van der Waals surface area contributed by atoms with Gasteiger partial charge in [-0.3, -0.25) is 18.5 Å². The maximum absolute atomic E-state index is 12.4. The van der Waals surface area contributed by atoms with Gasteiger partial charge in [0.15, 0.2) is 41.7 Å². The number of hydrogen-bond donors (Lipinski definition) is 7. The number of rotatable bonds is 12. The van der Waals surface area contributed by atoms with Crippen molar-refractivity contribution < 1.29 is 101 Å². The average Bonchev–Trinajstić information content (AvgIpc) is 3.61. The third-order valence-electron chi connectivity index (χ3n) is 7.05. The standard InChI is InChI=1S/C22H30N8O14P2.Na/c1-25-22-28-12-17(23)26-8-27-19(12)30(22)21-16(34)14(32)11(43-21)7-41-46(38,39)44-45(36,37)40-6-10-13(31)15(33)20(42-10)29-4-2-3-9(5-29)18(24)35;/h2-5,8,10-11,13-16,20-21,31-34H,6-7H2,1H3,(H6-,23,24,25,26,27,28,35,36,37,38,39);/q;+1/p-1/t10-,11-,13-,14-,15-,16-,20-,21-;/m1./s1. The van der Waals surface area contributed by atoms with E-state index in [4.69, 9.17) is 20.9 Å². The van der Waals surface area contributed by atoms with E-state index in [1.807, 2.05) is 0 Å². The van der Waals surface area contributed by atoms with Crippen LogP contribution in [0, 0.1) is 0 Å². The van der Waals surface area contributed by atoms with E-state index in [1.165, 1.54) is 40.7 Å². The number of phosphoric acid groups is 2. The molecule has 2 unspecified atom stereocenters. The molecule has 1 amide bonds. The summed E-state index contributed by atoms with van der Waals surface area (Å²) in [7, 11) is -9.91. The van der Waals surface area contributed by atoms with Crippen molar-refractivity contribution in [2.45, 2.75) is 49.1 Å². The monoisotopic (exact) mass is 714 g/mol. The number of nitrogen functional groups attached to an aromatic ring is 1. The maximum atomic E-state index is 12.4. The van der Waals surface area contributed by atoms with Gasteiger partial charge in [-0.05, 0) is 6.07 Å². The van der Waals surface area contributed by atoms with E-state index < -0.39 is 83.8 Å². The number of nitrogens with zero attached hydrogens (tertiary/aromatic N) is 5. The van der Waals surface area contributed by atoms with Crippen LogP contribution in [0.15, 0.2) is 30.9 Å². The van der Waals surface area contributed by atoms with Gasteiger partial charge in [-0.25, -0.2) is 19.3 Å². The second-order valence-electron chi connectivity index (χ2n) is 10.1. The molecular formula is C22H29N8NaO14P2. The second-order valence-corrected chi connectivity index (χ2v) is 13.0. The second kappa shape index (κ2) is 14.7. The number of anilines is 2. The van der Waals surface area contributed by atoms with E-state index in [2.05, 4.69) is 33.6 Å². The first kappa shape index (κ1) is 37.6. The van der Waals surface area contributed by atoms with Crippen molar-refractivity contribution in [1.82, 2.24) is 19.5 Å². The topological polar surface area (TPSA) is 336 Å². The Labute approximate surface area is 286 Å². The van der Waals surface area contributed by atoms with Crippen LogP contribution in [0.3, 0.4) is 0 Å². The number of hydrogen-bond acceptors (Lipinski definition) is 19. The Morgan fingerprint density at radius 1 is 1.06 bits per heavy atom. The van der Waals surface area contributed by atoms with Gasteiger partial charge in [0.05, 0.1) is 13.2 Å². The van der Waals surface area contributed by atoms with Crippen molar-refractivity contribution in [3.05, 3.63) is 36.4 Å². The zero-order chi connectivity index (χ0) is 33.6. The van der Waals surface area contributed by atoms with Gasteiger partial charge in [-0.1, -0.05) is 0 Å². The average molecular weight is 714 g/mol.